The summed E-state index contributed by atoms with van der Waals surface area (Å²) in [6.45, 7) is 0. The standard InChI is InChI=1S/C16H16O2/c1-18-16(17)12-15-9-7-14(8-10-15)11-13-5-3-2-4-6-13/h2-10H,11-12H2,1H3. The summed E-state index contributed by atoms with van der Waals surface area (Å²) in [4.78, 5) is 11.1. The van der Waals surface area contributed by atoms with Crippen LogP contribution >= 0.6 is 0 Å². The van der Waals surface area contributed by atoms with E-state index in [4.69, 9.17) is 0 Å². The van der Waals surface area contributed by atoms with E-state index in [-0.39, 0.29) is 5.97 Å². The number of benzene rings is 2. The van der Waals surface area contributed by atoms with Crippen LogP contribution < -0.4 is 0 Å². The maximum absolute atomic E-state index is 11.1. The topological polar surface area (TPSA) is 26.3 Å². The van der Waals surface area contributed by atoms with Crippen molar-refractivity contribution >= 4 is 5.97 Å². The molecular weight excluding hydrogens is 224 g/mol. The Balaban J connectivity index is 2.02. The van der Waals surface area contributed by atoms with Crippen molar-refractivity contribution < 1.29 is 9.53 Å². The summed E-state index contributed by atoms with van der Waals surface area (Å²) in [5.41, 5.74) is 3.52. The summed E-state index contributed by atoms with van der Waals surface area (Å²) in [7, 11) is 1.41. The van der Waals surface area contributed by atoms with E-state index in [9.17, 15) is 4.79 Å². The third kappa shape index (κ3) is 3.45. The van der Waals surface area contributed by atoms with E-state index in [0.29, 0.717) is 6.42 Å². The second-order valence-corrected chi connectivity index (χ2v) is 4.23. The van der Waals surface area contributed by atoms with E-state index >= 15 is 0 Å². The molecule has 0 heterocycles. The third-order valence-corrected chi connectivity index (χ3v) is 2.85. The lowest BCUT2D eigenvalue weighted by molar-refractivity contribution is -0.139. The van der Waals surface area contributed by atoms with Gasteiger partial charge in [0, 0.05) is 0 Å². The Hall–Kier alpha value is -2.09. The van der Waals surface area contributed by atoms with Gasteiger partial charge in [0.25, 0.3) is 0 Å². The second-order valence-electron chi connectivity index (χ2n) is 4.23. The highest BCUT2D eigenvalue weighted by Crippen LogP contribution is 2.11. The van der Waals surface area contributed by atoms with Crippen LogP contribution in [0.2, 0.25) is 0 Å². The average molecular weight is 240 g/mol. The van der Waals surface area contributed by atoms with Gasteiger partial charge >= 0.3 is 5.97 Å². The lowest BCUT2D eigenvalue weighted by Gasteiger charge is -2.04. The summed E-state index contributed by atoms with van der Waals surface area (Å²) in [6, 6.07) is 18.4. The smallest absolute Gasteiger partial charge is 0.309 e. The number of rotatable bonds is 4. The van der Waals surface area contributed by atoms with Crippen molar-refractivity contribution in [3.05, 3.63) is 71.3 Å². The normalized spacial score (nSPS) is 10.1. The molecule has 2 nitrogen and oxygen atoms in total. The molecule has 2 aromatic carbocycles. The van der Waals surface area contributed by atoms with E-state index in [1.807, 2.05) is 30.3 Å². The van der Waals surface area contributed by atoms with Crippen LogP contribution in [-0.2, 0) is 22.4 Å². The number of hydrogen-bond donors (Lipinski definition) is 0. The number of carbonyl (C=O) groups excluding carboxylic acids is 1. The fourth-order valence-electron chi connectivity index (χ4n) is 1.85. The minimum Gasteiger partial charge on any atom is -0.469 e. The van der Waals surface area contributed by atoms with Crippen LogP contribution in [0, 0.1) is 0 Å². The first-order chi connectivity index (χ1) is 8.78. The Bertz CT molecular complexity index is 500. The van der Waals surface area contributed by atoms with Crippen molar-refractivity contribution in [3.63, 3.8) is 0 Å². The van der Waals surface area contributed by atoms with E-state index in [0.717, 1.165) is 12.0 Å². The van der Waals surface area contributed by atoms with Crippen LogP contribution in [0.3, 0.4) is 0 Å². The zero-order chi connectivity index (χ0) is 12.8. The molecule has 0 aliphatic heterocycles. The molecule has 2 rings (SSSR count). The minimum absolute atomic E-state index is 0.203. The molecule has 18 heavy (non-hydrogen) atoms. The number of hydrogen-bond acceptors (Lipinski definition) is 2. The monoisotopic (exact) mass is 240 g/mol. The lowest BCUT2D eigenvalue weighted by atomic mass is 10.0. The Kier molecular flexibility index (Phi) is 4.13. The first-order valence-electron chi connectivity index (χ1n) is 5.96. The SMILES string of the molecule is COC(=O)Cc1ccc(Cc2ccccc2)cc1. The molecular formula is C16H16O2. The Labute approximate surface area is 107 Å². The number of carbonyl (C=O) groups is 1. The molecule has 2 heteroatoms. The molecule has 0 radical (unpaired) electrons. The molecule has 2 aromatic rings. The van der Waals surface area contributed by atoms with Gasteiger partial charge in [-0.05, 0) is 23.1 Å². The van der Waals surface area contributed by atoms with Gasteiger partial charge in [-0.3, -0.25) is 4.79 Å². The zero-order valence-corrected chi connectivity index (χ0v) is 10.4. The molecule has 0 saturated heterocycles. The van der Waals surface area contributed by atoms with Crippen LogP contribution in [0.4, 0.5) is 0 Å². The maximum Gasteiger partial charge on any atom is 0.309 e. The molecule has 0 fully saturated rings. The van der Waals surface area contributed by atoms with E-state index in [1.165, 1.54) is 18.2 Å². The Morgan fingerprint density at radius 3 is 2.06 bits per heavy atom. The lowest BCUT2D eigenvalue weighted by Crippen LogP contribution is -2.04. The number of esters is 1. The second kappa shape index (κ2) is 6.01. The van der Waals surface area contributed by atoms with Gasteiger partial charge in [0.1, 0.15) is 0 Å². The zero-order valence-electron chi connectivity index (χ0n) is 10.4. The summed E-state index contributed by atoms with van der Waals surface area (Å²) < 4.78 is 4.64. The van der Waals surface area contributed by atoms with Gasteiger partial charge in [-0.15, -0.1) is 0 Å². The van der Waals surface area contributed by atoms with Gasteiger partial charge < -0.3 is 4.74 Å². The average Bonchev–Trinajstić information content (AvgIpc) is 2.42. The van der Waals surface area contributed by atoms with Crippen LogP contribution in [-0.4, -0.2) is 13.1 Å². The largest absolute Gasteiger partial charge is 0.469 e. The van der Waals surface area contributed by atoms with Crippen molar-refractivity contribution in [3.8, 4) is 0 Å². The van der Waals surface area contributed by atoms with Gasteiger partial charge in [0.05, 0.1) is 13.5 Å². The first kappa shape index (κ1) is 12.4. The van der Waals surface area contributed by atoms with Gasteiger partial charge in [0.2, 0.25) is 0 Å². The predicted octanol–water partition coefficient (Wildman–Crippen LogP) is 2.99. The molecule has 0 unspecified atom stereocenters. The highest BCUT2D eigenvalue weighted by atomic mass is 16.5. The quantitative estimate of drug-likeness (QED) is 0.768. The highest BCUT2D eigenvalue weighted by molar-refractivity contribution is 5.72. The summed E-state index contributed by atoms with van der Waals surface area (Å²) in [5.74, 6) is -0.203. The Morgan fingerprint density at radius 1 is 0.889 bits per heavy atom. The van der Waals surface area contributed by atoms with Crippen molar-refractivity contribution in [2.45, 2.75) is 12.8 Å². The third-order valence-electron chi connectivity index (χ3n) is 2.85. The van der Waals surface area contributed by atoms with Gasteiger partial charge in [0.15, 0.2) is 0 Å². The molecule has 0 N–H and O–H groups in total. The van der Waals surface area contributed by atoms with Gasteiger partial charge in [-0.2, -0.15) is 0 Å². The minimum atomic E-state index is -0.203. The summed E-state index contributed by atoms with van der Waals surface area (Å²) in [5, 5.41) is 0. The summed E-state index contributed by atoms with van der Waals surface area (Å²) >= 11 is 0. The van der Waals surface area contributed by atoms with Gasteiger partial charge in [-0.1, -0.05) is 54.6 Å². The molecule has 0 aromatic heterocycles. The van der Waals surface area contributed by atoms with Crippen LogP contribution in [0.1, 0.15) is 16.7 Å². The van der Waals surface area contributed by atoms with E-state index in [2.05, 4.69) is 29.0 Å². The molecule has 0 atom stereocenters. The molecule has 0 bridgehead atoms. The highest BCUT2D eigenvalue weighted by Gasteiger charge is 2.02. The first-order valence-corrected chi connectivity index (χ1v) is 5.96. The van der Waals surface area contributed by atoms with Crippen LogP contribution in [0.25, 0.3) is 0 Å². The number of methoxy groups -OCH3 is 1. The maximum atomic E-state index is 11.1. The van der Waals surface area contributed by atoms with Crippen molar-refractivity contribution in [1.29, 1.82) is 0 Å². The molecule has 0 aliphatic rings. The predicted molar refractivity (Wildman–Crippen MR) is 71.4 cm³/mol. The molecule has 0 spiro atoms. The summed E-state index contributed by atoms with van der Waals surface area (Å²) in [6.07, 6.45) is 1.25. The molecule has 0 aliphatic carbocycles. The van der Waals surface area contributed by atoms with Crippen molar-refractivity contribution in [2.24, 2.45) is 0 Å². The fraction of sp³-hybridized carbons (Fsp3) is 0.188. The van der Waals surface area contributed by atoms with Crippen molar-refractivity contribution in [2.75, 3.05) is 7.11 Å². The van der Waals surface area contributed by atoms with E-state index < -0.39 is 0 Å². The molecule has 92 valence electrons. The fourth-order valence-corrected chi connectivity index (χ4v) is 1.85. The van der Waals surface area contributed by atoms with E-state index in [1.54, 1.807) is 0 Å². The van der Waals surface area contributed by atoms with Crippen molar-refractivity contribution in [1.82, 2.24) is 0 Å². The Morgan fingerprint density at radius 2 is 1.44 bits per heavy atom. The van der Waals surface area contributed by atoms with Gasteiger partial charge in [-0.25, -0.2) is 0 Å². The van der Waals surface area contributed by atoms with Crippen LogP contribution in [0.5, 0.6) is 0 Å². The molecule has 0 saturated carbocycles. The molecule has 0 amide bonds. The van der Waals surface area contributed by atoms with Crippen LogP contribution in [0.15, 0.2) is 54.6 Å². The number of ether oxygens (including phenoxy) is 1.